The monoisotopic (exact) mass is 498 g/mol. The average Bonchev–Trinajstić information content (AvgIpc) is 2.90. The number of hydrogen-bond acceptors (Lipinski definition) is 6. The van der Waals surface area contributed by atoms with Crippen molar-refractivity contribution >= 4 is 51.4 Å². The number of para-hydroxylation sites is 1. The highest BCUT2D eigenvalue weighted by atomic mass is 35.5. The van der Waals surface area contributed by atoms with Gasteiger partial charge in [0.15, 0.2) is 0 Å². The third kappa shape index (κ3) is 5.03. The van der Waals surface area contributed by atoms with Crippen LogP contribution < -0.4 is 15.5 Å². The Morgan fingerprint density at radius 3 is 2.47 bits per heavy atom. The Balaban J connectivity index is 1.42. The molecule has 182 valence electrons. The van der Waals surface area contributed by atoms with Gasteiger partial charge in [-0.1, -0.05) is 48.5 Å². The summed E-state index contributed by atoms with van der Waals surface area (Å²) < 4.78 is 0. The maximum absolute atomic E-state index is 11.8. The van der Waals surface area contributed by atoms with Crippen molar-refractivity contribution in [2.24, 2.45) is 0 Å². The van der Waals surface area contributed by atoms with E-state index in [1.807, 2.05) is 30.3 Å². The van der Waals surface area contributed by atoms with Crippen molar-refractivity contribution in [1.29, 1.82) is 0 Å². The summed E-state index contributed by atoms with van der Waals surface area (Å²) in [5.41, 5.74) is 5.03. The van der Waals surface area contributed by atoms with Gasteiger partial charge in [-0.25, -0.2) is 9.97 Å². The molecule has 36 heavy (non-hydrogen) atoms. The van der Waals surface area contributed by atoms with Crippen molar-refractivity contribution in [3.05, 3.63) is 84.5 Å². The van der Waals surface area contributed by atoms with Crippen LogP contribution in [0.3, 0.4) is 0 Å². The summed E-state index contributed by atoms with van der Waals surface area (Å²) in [4.78, 5) is 25.9. The van der Waals surface area contributed by atoms with Crippen LogP contribution in [0.1, 0.15) is 0 Å². The minimum Gasteiger partial charge on any atom is -0.369 e. The van der Waals surface area contributed by atoms with Gasteiger partial charge in [0.05, 0.1) is 16.2 Å². The second-order valence-corrected chi connectivity index (χ2v) is 9.14. The lowest BCUT2D eigenvalue weighted by molar-refractivity contribution is -0.111. The van der Waals surface area contributed by atoms with Crippen molar-refractivity contribution in [2.45, 2.75) is 0 Å². The third-order valence-electron chi connectivity index (χ3n) is 6.33. The molecule has 0 saturated carbocycles. The first-order valence-corrected chi connectivity index (χ1v) is 12.2. The molecule has 0 unspecified atom stereocenters. The normalized spacial score (nSPS) is 14.0. The second kappa shape index (κ2) is 10.4. The fourth-order valence-electron chi connectivity index (χ4n) is 4.30. The van der Waals surface area contributed by atoms with E-state index in [1.54, 1.807) is 12.3 Å². The summed E-state index contributed by atoms with van der Waals surface area (Å²) in [5, 5.41) is 7.40. The number of halogens is 1. The Labute approximate surface area is 215 Å². The SMILES string of the molecule is C=CC(=O)Nc1cccc(-c2cccc3cnc(Nc4ccc(N5CCN(C)CC5)cc4)nc23)c1Cl. The molecule has 0 spiro atoms. The van der Waals surface area contributed by atoms with Gasteiger partial charge in [-0.05, 0) is 43.5 Å². The highest BCUT2D eigenvalue weighted by Crippen LogP contribution is 2.37. The molecule has 2 heterocycles. The number of nitrogens with zero attached hydrogens (tertiary/aromatic N) is 4. The molecule has 0 bridgehead atoms. The Morgan fingerprint density at radius 1 is 1.00 bits per heavy atom. The van der Waals surface area contributed by atoms with Gasteiger partial charge in [-0.3, -0.25) is 4.79 Å². The molecule has 0 atom stereocenters. The van der Waals surface area contributed by atoms with Crippen LogP contribution in [0.4, 0.5) is 23.0 Å². The molecule has 7 nitrogen and oxygen atoms in total. The van der Waals surface area contributed by atoms with Crippen molar-refractivity contribution < 1.29 is 4.79 Å². The average molecular weight is 499 g/mol. The number of fused-ring (bicyclic) bond motifs is 1. The van der Waals surface area contributed by atoms with E-state index in [2.05, 4.69) is 63.3 Å². The molecule has 1 amide bonds. The lowest BCUT2D eigenvalue weighted by atomic mass is 10.0. The molecular weight excluding hydrogens is 472 g/mol. The lowest BCUT2D eigenvalue weighted by Gasteiger charge is -2.34. The Morgan fingerprint density at radius 2 is 1.72 bits per heavy atom. The molecule has 0 aliphatic carbocycles. The summed E-state index contributed by atoms with van der Waals surface area (Å²) in [6.45, 7) is 7.70. The number of piperazine rings is 1. The minimum absolute atomic E-state index is 0.320. The van der Waals surface area contributed by atoms with Crippen LogP contribution in [0, 0.1) is 0 Å². The van der Waals surface area contributed by atoms with E-state index in [4.69, 9.17) is 16.6 Å². The van der Waals surface area contributed by atoms with E-state index < -0.39 is 0 Å². The zero-order chi connectivity index (χ0) is 25.1. The van der Waals surface area contributed by atoms with E-state index in [-0.39, 0.29) is 5.91 Å². The van der Waals surface area contributed by atoms with Crippen molar-refractivity contribution in [3.8, 4) is 11.1 Å². The first-order chi connectivity index (χ1) is 17.5. The number of carbonyl (C=O) groups is 1. The van der Waals surface area contributed by atoms with Gasteiger partial charge in [0.2, 0.25) is 11.9 Å². The van der Waals surface area contributed by atoms with Crippen LogP contribution in [0.25, 0.3) is 22.0 Å². The molecule has 0 radical (unpaired) electrons. The van der Waals surface area contributed by atoms with Crippen molar-refractivity contribution in [3.63, 3.8) is 0 Å². The standard InChI is InChI=1S/C28H27ClN6O/c1-3-25(36)32-24-9-5-7-22(26(24)29)23-8-4-6-19-18-30-28(33-27(19)23)31-20-10-12-21(13-11-20)35-16-14-34(2)15-17-35/h3-13,18H,1,14-17H2,2H3,(H,32,36)(H,30,31,33). The van der Waals surface area contributed by atoms with Crippen LogP contribution >= 0.6 is 11.6 Å². The molecule has 1 saturated heterocycles. The molecule has 4 aromatic rings. The lowest BCUT2D eigenvalue weighted by Crippen LogP contribution is -2.44. The summed E-state index contributed by atoms with van der Waals surface area (Å²) in [6, 6.07) is 19.7. The zero-order valence-electron chi connectivity index (χ0n) is 20.0. The van der Waals surface area contributed by atoms with E-state index in [9.17, 15) is 4.79 Å². The van der Waals surface area contributed by atoms with Gasteiger partial charge >= 0.3 is 0 Å². The van der Waals surface area contributed by atoms with E-state index in [0.29, 0.717) is 16.7 Å². The molecule has 1 aliphatic rings. The van der Waals surface area contributed by atoms with Crippen LogP contribution in [-0.4, -0.2) is 54.0 Å². The molecule has 1 fully saturated rings. The van der Waals surface area contributed by atoms with Crippen LogP contribution in [0.5, 0.6) is 0 Å². The highest BCUT2D eigenvalue weighted by Gasteiger charge is 2.15. The number of benzene rings is 3. The van der Waals surface area contributed by atoms with Crippen molar-refractivity contribution in [1.82, 2.24) is 14.9 Å². The molecule has 2 N–H and O–H groups in total. The number of nitrogens with one attached hydrogen (secondary N) is 2. The van der Waals surface area contributed by atoms with Gasteiger partial charge in [0.25, 0.3) is 0 Å². The van der Waals surface area contributed by atoms with Crippen LogP contribution in [-0.2, 0) is 4.79 Å². The zero-order valence-corrected chi connectivity index (χ0v) is 20.8. The molecule has 1 aromatic heterocycles. The number of aromatic nitrogens is 2. The van der Waals surface area contributed by atoms with E-state index in [0.717, 1.165) is 53.9 Å². The summed E-state index contributed by atoms with van der Waals surface area (Å²) >= 11 is 6.69. The van der Waals surface area contributed by atoms with E-state index >= 15 is 0 Å². The van der Waals surface area contributed by atoms with Gasteiger partial charge in [0.1, 0.15) is 0 Å². The minimum atomic E-state index is -0.320. The molecule has 5 rings (SSSR count). The molecule has 8 heteroatoms. The van der Waals surface area contributed by atoms with Crippen LogP contribution in [0.2, 0.25) is 5.02 Å². The number of hydrogen-bond donors (Lipinski definition) is 2. The fourth-order valence-corrected chi connectivity index (χ4v) is 4.58. The van der Waals surface area contributed by atoms with E-state index in [1.165, 1.54) is 11.8 Å². The first-order valence-electron chi connectivity index (χ1n) is 11.8. The Kier molecular flexibility index (Phi) is 6.84. The Bertz CT molecular complexity index is 1410. The molecule has 1 aliphatic heterocycles. The predicted octanol–water partition coefficient (Wildman–Crippen LogP) is 5.57. The largest absolute Gasteiger partial charge is 0.369 e. The van der Waals surface area contributed by atoms with Gasteiger partial charge < -0.3 is 20.4 Å². The highest BCUT2D eigenvalue weighted by molar-refractivity contribution is 6.37. The van der Waals surface area contributed by atoms with Gasteiger partial charge in [-0.15, -0.1) is 0 Å². The number of likely N-dealkylation sites (N-methyl/N-ethyl adjacent to an activating group) is 1. The summed E-state index contributed by atoms with van der Waals surface area (Å²) in [6.07, 6.45) is 3.01. The molecule has 3 aromatic carbocycles. The number of amides is 1. The van der Waals surface area contributed by atoms with Gasteiger partial charge in [-0.2, -0.15) is 0 Å². The van der Waals surface area contributed by atoms with Crippen molar-refractivity contribution in [2.75, 3.05) is 48.8 Å². The first kappa shape index (κ1) is 23.8. The number of rotatable bonds is 6. The fraction of sp³-hybridized carbons (Fsp3) is 0.179. The maximum Gasteiger partial charge on any atom is 0.247 e. The Hall–Kier alpha value is -3.94. The second-order valence-electron chi connectivity index (χ2n) is 8.76. The third-order valence-corrected chi connectivity index (χ3v) is 6.74. The molecular formula is C28H27ClN6O. The maximum atomic E-state index is 11.8. The van der Waals surface area contributed by atoms with Gasteiger partial charge in [0, 0.05) is 60.3 Å². The summed E-state index contributed by atoms with van der Waals surface area (Å²) in [7, 11) is 2.16. The smallest absolute Gasteiger partial charge is 0.247 e. The quantitative estimate of drug-likeness (QED) is 0.338. The number of carbonyl (C=O) groups excluding carboxylic acids is 1. The number of anilines is 4. The predicted molar refractivity (Wildman–Crippen MR) is 148 cm³/mol. The van der Waals surface area contributed by atoms with Crippen LogP contribution in [0.15, 0.2) is 79.5 Å². The summed E-state index contributed by atoms with van der Waals surface area (Å²) in [5.74, 6) is 0.175. The topological polar surface area (TPSA) is 73.4 Å².